The summed E-state index contributed by atoms with van der Waals surface area (Å²) in [6.07, 6.45) is 4.91. The van der Waals surface area contributed by atoms with Crippen LogP contribution in [0.25, 0.3) is 0 Å². The fraction of sp³-hybridized carbons (Fsp3) is 0.545. The van der Waals surface area contributed by atoms with Crippen LogP contribution in [-0.2, 0) is 16.1 Å². The minimum absolute atomic E-state index is 0.170. The molecule has 0 aliphatic rings. The molecule has 0 spiro atoms. The molecule has 0 unspecified atom stereocenters. The van der Waals surface area contributed by atoms with E-state index in [0.717, 1.165) is 5.69 Å². The van der Waals surface area contributed by atoms with Gasteiger partial charge in [-0.3, -0.25) is 20.1 Å². The first-order valence-electron chi connectivity index (χ1n) is 5.21. The molecule has 0 aliphatic heterocycles. The zero-order valence-corrected chi connectivity index (χ0v) is 9.80. The second kappa shape index (κ2) is 6.17. The average molecular weight is 223 g/mol. The number of carbonyl (C=O) groups is 1. The number of methoxy groups -OCH3 is 1. The summed E-state index contributed by atoms with van der Waals surface area (Å²) >= 11 is 0. The van der Waals surface area contributed by atoms with Crippen molar-refractivity contribution < 1.29 is 9.53 Å². The van der Waals surface area contributed by atoms with Gasteiger partial charge in [0.05, 0.1) is 12.8 Å². The minimum atomic E-state index is -0.313. The van der Waals surface area contributed by atoms with Gasteiger partial charge in [0.15, 0.2) is 0 Å². The van der Waals surface area contributed by atoms with E-state index < -0.39 is 0 Å². The molecule has 5 heteroatoms. The molecule has 1 aromatic heterocycles. The first-order chi connectivity index (χ1) is 7.65. The Labute approximate surface area is 95.3 Å². The molecule has 5 nitrogen and oxygen atoms in total. The average Bonchev–Trinajstić information content (AvgIpc) is 2.30. The SMILES string of the molecule is COC(=O)[C@@H](NCc1cnccn1)C(C)C. The van der Waals surface area contributed by atoms with E-state index >= 15 is 0 Å². The summed E-state index contributed by atoms with van der Waals surface area (Å²) in [5, 5.41) is 3.11. The molecule has 0 fully saturated rings. The van der Waals surface area contributed by atoms with Gasteiger partial charge in [-0.15, -0.1) is 0 Å². The molecule has 0 aromatic carbocycles. The maximum atomic E-state index is 11.5. The fourth-order valence-corrected chi connectivity index (χ4v) is 1.35. The zero-order chi connectivity index (χ0) is 12.0. The number of nitrogens with one attached hydrogen (secondary N) is 1. The number of aromatic nitrogens is 2. The molecule has 16 heavy (non-hydrogen) atoms. The number of carbonyl (C=O) groups excluding carboxylic acids is 1. The molecule has 1 aromatic rings. The van der Waals surface area contributed by atoms with E-state index in [1.165, 1.54) is 7.11 Å². The lowest BCUT2D eigenvalue weighted by Crippen LogP contribution is -2.41. The molecule has 1 heterocycles. The molecule has 1 rings (SSSR count). The van der Waals surface area contributed by atoms with Gasteiger partial charge in [-0.25, -0.2) is 0 Å². The first kappa shape index (κ1) is 12.6. The molecule has 1 atom stereocenters. The van der Waals surface area contributed by atoms with Gasteiger partial charge in [-0.2, -0.15) is 0 Å². The van der Waals surface area contributed by atoms with Crippen LogP contribution < -0.4 is 5.32 Å². The summed E-state index contributed by atoms with van der Waals surface area (Å²) in [6, 6.07) is -0.313. The fourth-order valence-electron chi connectivity index (χ4n) is 1.35. The van der Waals surface area contributed by atoms with E-state index in [0.29, 0.717) is 6.54 Å². The van der Waals surface area contributed by atoms with E-state index in [4.69, 9.17) is 4.74 Å². The Hall–Kier alpha value is -1.49. The maximum absolute atomic E-state index is 11.5. The van der Waals surface area contributed by atoms with Gasteiger partial charge in [0.25, 0.3) is 0 Å². The van der Waals surface area contributed by atoms with Gasteiger partial charge in [-0.05, 0) is 5.92 Å². The quantitative estimate of drug-likeness (QED) is 0.747. The highest BCUT2D eigenvalue weighted by atomic mass is 16.5. The Kier molecular flexibility index (Phi) is 4.85. The Morgan fingerprint density at radius 3 is 2.75 bits per heavy atom. The third-order valence-electron chi connectivity index (χ3n) is 2.24. The van der Waals surface area contributed by atoms with Crippen LogP contribution in [0.4, 0.5) is 0 Å². The van der Waals surface area contributed by atoms with Gasteiger partial charge in [0.2, 0.25) is 0 Å². The third kappa shape index (κ3) is 3.58. The van der Waals surface area contributed by atoms with Crippen LogP contribution in [-0.4, -0.2) is 29.1 Å². The van der Waals surface area contributed by atoms with Crippen LogP contribution in [0.3, 0.4) is 0 Å². The lowest BCUT2D eigenvalue weighted by atomic mass is 10.0. The third-order valence-corrected chi connectivity index (χ3v) is 2.24. The van der Waals surface area contributed by atoms with Crippen molar-refractivity contribution >= 4 is 5.97 Å². The molecular formula is C11H17N3O2. The number of rotatable bonds is 5. The smallest absolute Gasteiger partial charge is 0.323 e. The summed E-state index contributed by atoms with van der Waals surface area (Å²) in [5.74, 6) is -0.0805. The first-order valence-corrected chi connectivity index (χ1v) is 5.21. The van der Waals surface area contributed by atoms with Crippen molar-refractivity contribution in [1.29, 1.82) is 0 Å². The van der Waals surface area contributed by atoms with Crippen molar-refractivity contribution in [2.75, 3.05) is 7.11 Å². The lowest BCUT2D eigenvalue weighted by Gasteiger charge is -2.19. The number of hydrogen-bond acceptors (Lipinski definition) is 5. The summed E-state index contributed by atoms with van der Waals surface area (Å²) in [7, 11) is 1.39. The zero-order valence-electron chi connectivity index (χ0n) is 9.80. The maximum Gasteiger partial charge on any atom is 0.323 e. The molecule has 0 amide bonds. The second-order valence-electron chi connectivity index (χ2n) is 3.82. The normalized spacial score (nSPS) is 12.5. The number of esters is 1. The molecule has 0 radical (unpaired) electrons. The van der Waals surface area contributed by atoms with Crippen molar-refractivity contribution in [2.24, 2.45) is 5.92 Å². The minimum Gasteiger partial charge on any atom is -0.468 e. The van der Waals surface area contributed by atoms with Gasteiger partial charge < -0.3 is 4.74 Å². The van der Waals surface area contributed by atoms with Crippen molar-refractivity contribution in [3.05, 3.63) is 24.3 Å². The van der Waals surface area contributed by atoms with E-state index in [9.17, 15) is 4.79 Å². The van der Waals surface area contributed by atoms with Crippen LogP contribution in [0.1, 0.15) is 19.5 Å². The second-order valence-corrected chi connectivity index (χ2v) is 3.82. The topological polar surface area (TPSA) is 64.1 Å². The predicted molar refractivity (Wildman–Crippen MR) is 59.5 cm³/mol. The Morgan fingerprint density at radius 1 is 1.50 bits per heavy atom. The van der Waals surface area contributed by atoms with E-state index in [1.807, 2.05) is 13.8 Å². The number of hydrogen-bond donors (Lipinski definition) is 1. The number of ether oxygens (including phenoxy) is 1. The molecular weight excluding hydrogens is 206 g/mol. The van der Waals surface area contributed by atoms with Crippen molar-refractivity contribution in [3.63, 3.8) is 0 Å². The van der Waals surface area contributed by atoms with E-state index in [2.05, 4.69) is 15.3 Å². The summed E-state index contributed by atoms with van der Waals surface area (Å²) in [4.78, 5) is 19.5. The Balaban J connectivity index is 2.54. The van der Waals surface area contributed by atoms with Crippen molar-refractivity contribution in [3.8, 4) is 0 Å². The van der Waals surface area contributed by atoms with Gasteiger partial charge >= 0.3 is 5.97 Å². The Morgan fingerprint density at radius 2 is 2.25 bits per heavy atom. The largest absolute Gasteiger partial charge is 0.468 e. The van der Waals surface area contributed by atoms with Gasteiger partial charge in [0.1, 0.15) is 6.04 Å². The van der Waals surface area contributed by atoms with Crippen LogP contribution in [0.2, 0.25) is 0 Å². The van der Waals surface area contributed by atoms with Crippen LogP contribution in [0.5, 0.6) is 0 Å². The molecule has 1 N–H and O–H groups in total. The Bertz CT molecular complexity index is 327. The summed E-state index contributed by atoms with van der Waals surface area (Å²) in [6.45, 7) is 4.43. The van der Waals surface area contributed by atoms with Crippen LogP contribution in [0.15, 0.2) is 18.6 Å². The molecule has 88 valence electrons. The van der Waals surface area contributed by atoms with Gasteiger partial charge in [-0.1, -0.05) is 13.8 Å². The highest BCUT2D eigenvalue weighted by molar-refractivity contribution is 5.75. The van der Waals surface area contributed by atoms with Crippen LogP contribution >= 0.6 is 0 Å². The van der Waals surface area contributed by atoms with E-state index in [-0.39, 0.29) is 17.9 Å². The number of nitrogens with zero attached hydrogens (tertiary/aromatic N) is 2. The standard InChI is InChI=1S/C11H17N3O2/c1-8(2)10(11(15)16-3)14-7-9-6-12-4-5-13-9/h4-6,8,10,14H,7H2,1-3H3/t10-/m0/s1. The highest BCUT2D eigenvalue weighted by Gasteiger charge is 2.22. The van der Waals surface area contributed by atoms with Gasteiger partial charge in [0, 0.05) is 25.1 Å². The monoisotopic (exact) mass is 223 g/mol. The lowest BCUT2D eigenvalue weighted by molar-refractivity contribution is -0.144. The molecule has 0 aliphatic carbocycles. The molecule has 0 saturated heterocycles. The van der Waals surface area contributed by atoms with Crippen LogP contribution in [0, 0.1) is 5.92 Å². The molecule has 0 bridgehead atoms. The van der Waals surface area contributed by atoms with E-state index in [1.54, 1.807) is 18.6 Å². The highest BCUT2D eigenvalue weighted by Crippen LogP contribution is 2.04. The van der Waals surface area contributed by atoms with Crippen molar-refractivity contribution in [1.82, 2.24) is 15.3 Å². The van der Waals surface area contributed by atoms with Crippen molar-refractivity contribution in [2.45, 2.75) is 26.4 Å². The predicted octanol–water partition coefficient (Wildman–Crippen LogP) is 0.764. The summed E-state index contributed by atoms with van der Waals surface area (Å²) < 4.78 is 4.72. The molecule has 0 saturated carbocycles. The summed E-state index contributed by atoms with van der Waals surface area (Å²) in [5.41, 5.74) is 0.803.